The summed E-state index contributed by atoms with van der Waals surface area (Å²) >= 11 is 0. The molecule has 2 rings (SSSR count). The molecule has 8 heteroatoms. The van der Waals surface area contributed by atoms with Gasteiger partial charge in [0.15, 0.2) is 0 Å². The molecule has 1 aliphatic carbocycles. The van der Waals surface area contributed by atoms with Crippen molar-refractivity contribution >= 4 is 11.9 Å². The van der Waals surface area contributed by atoms with Gasteiger partial charge in [0, 0.05) is 5.92 Å². The molecule has 2 fully saturated rings. The lowest BCUT2D eigenvalue weighted by atomic mass is 9.85. The lowest BCUT2D eigenvalue weighted by molar-refractivity contribution is -0.214. The molecule has 3 atom stereocenters. The number of esters is 2. The first-order chi connectivity index (χ1) is 8.88. The molecule has 0 aromatic heterocycles. The van der Waals surface area contributed by atoms with Gasteiger partial charge in [-0.15, -0.1) is 0 Å². The maximum absolute atomic E-state index is 12.2. The van der Waals surface area contributed by atoms with Crippen LogP contribution in [-0.2, 0) is 23.8 Å². The summed E-state index contributed by atoms with van der Waals surface area (Å²) < 4.78 is 51.1. The Kier molecular flexibility index (Phi) is 3.98. The third kappa shape index (κ3) is 3.37. The van der Waals surface area contributed by atoms with Crippen LogP contribution in [0.15, 0.2) is 0 Å². The SMILES string of the molecule is O=C1COC[C@@H]2CCC[C@H](OC(=O)C(F)(F)F)[C@@H]2O1. The maximum Gasteiger partial charge on any atom is 0.490 e. The zero-order chi connectivity index (χ0) is 14.0. The first kappa shape index (κ1) is 14.1. The molecule has 0 radical (unpaired) electrons. The molecular formula is C11H13F3O5. The van der Waals surface area contributed by atoms with Gasteiger partial charge in [-0.2, -0.15) is 13.2 Å². The summed E-state index contributed by atoms with van der Waals surface area (Å²) in [7, 11) is 0. The normalized spacial score (nSPS) is 31.9. The highest BCUT2D eigenvalue weighted by atomic mass is 19.4. The van der Waals surface area contributed by atoms with Gasteiger partial charge in [0.25, 0.3) is 0 Å². The van der Waals surface area contributed by atoms with Crippen molar-refractivity contribution in [3.8, 4) is 0 Å². The Hall–Kier alpha value is -1.31. The first-order valence-electron chi connectivity index (χ1n) is 5.93. The Morgan fingerprint density at radius 2 is 2.05 bits per heavy atom. The minimum Gasteiger partial charge on any atom is -0.456 e. The highest BCUT2D eigenvalue weighted by Crippen LogP contribution is 2.32. The van der Waals surface area contributed by atoms with Crippen molar-refractivity contribution in [2.45, 2.75) is 37.6 Å². The highest BCUT2D eigenvalue weighted by Gasteiger charge is 2.46. The van der Waals surface area contributed by atoms with Crippen LogP contribution in [0.5, 0.6) is 0 Å². The number of ether oxygens (including phenoxy) is 3. The van der Waals surface area contributed by atoms with E-state index in [-0.39, 0.29) is 25.6 Å². The molecule has 0 unspecified atom stereocenters. The van der Waals surface area contributed by atoms with E-state index < -0.39 is 30.3 Å². The van der Waals surface area contributed by atoms with E-state index in [1.165, 1.54) is 0 Å². The number of halogens is 3. The molecule has 1 saturated heterocycles. The van der Waals surface area contributed by atoms with Gasteiger partial charge in [0.2, 0.25) is 0 Å². The standard InChI is InChI=1S/C11H13F3O5/c12-11(13,14)10(16)18-7-3-1-2-6-4-17-5-8(15)19-9(6)7/h6-7,9H,1-5H2/t6-,7-,9+/m0/s1. The zero-order valence-corrected chi connectivity index (χ0v) is 9.94. The van der Waals surface area contributed by atoms with E-state index in [2.05, 4.69) is 4.74 Å². The maximum atomic E-state index is 12.2. The number of hydrogen-bond acceptors (Lipinski definition) is 5. The van der Waals surface area contributed by atoms with Crippen LogP contribution in [-0.4, -0.2) is 43.5 Å². The van der Waals surface area contributed by atoms with Crippen LogP contribution in [0.2, 0.25) is 0 Å². The van der Waals surface area contributed by atoms with Crippen molar-refractivity contribution in [2.75, 3.05) is 13.2 Å². The molecule has 0 aromatic rings. The second kappa shape index (κ2) is 5.36. The molecule has 108 valence electrons. The predicted molar refractivity (Wildman–Crippen MR) is 54.0 cm³/mol. The predicted octanol–water partition coefficient (Wildman–Crippen LogP) is 1.20. The van der Waals surface area contributed by atoms with E-state index in [1.54, 1.807) is 0 Å². The van der Waals surface area contributed by atoms with E-state index in [0.717, 1.165) is 0 Å². The van der Waals surface area contributed by atoms with E-state index >= 15 is 0 Å². The lowest BCUT2D eigenvalue weighted by Gasteiger charge is -2.35. The molecule has 0 spiro atoms. The minimum atomic E-state index is -5.04. The molecule has 0 N–H and O–H groups in total. The van der Waals surface area contributed by atoms with Crippen LogP contribution in [0.1, 0.15) is 19.3 Å². The molecule has 2 aliphatic rings. The summed E-state index contributed by atoms with van der Waals surface area (Å²) in [5, 5.41) is 0. The second-order valence-electron chi connectivity index (χ2n) is 4.60. The van der Waals surface area contributed by atoms with Crippen molar-refractivity contribution in [2.24, 2.45) is 5.92 Å². The number of carbonyl (C=O) groups is 2. The summed E-state index contributed by atoms with van der Waals surface area (Å²) in [5.41, 5.74) is 0. The number of rotatable bonds is 1. The Balaban J connectivity index is 2.06. The molecular weight excluding hydrogens is 269 g/mol. The highest BCUT2D eigenvalue weighted by molar-refractivity contribution is 5.76. The van der Waals surface area contributed by atoms with Crippen molar-refractivity contribution in [1.29, 1.82) is 0 Å². The van der Waals surface area contributed by atoms with Gasteiger partial charge >= 0.3 is 18.1 Å². The topological polar surface area (TPSA) is 61.8 Å². The molecule has 0 amide bonds. The zero-order valence-electron chi connectivity index (χ0n) is 9.94. The van der Waals surface area contributed by atoms with Crippen molar-refractivity contribution < 1.29 is 37.0 Å². The summed E-state index contributed by atoms with van der Waals surface area (Å²) in [5.74, 6) is -3.13. The molecule has 5 nitrogen and oxygen atoms in total. The summed E-state index contributed by atoms with van der Waals surface area (Å²) in [4.78, 5) is 22.1. The summed E-state index contributed by atoms with van der Waals surface area (Å²) in [6.07, 6.45) is -5.45. The van der Waals surface area contributed by atoms with Crippen LogP contribution in [0.3, 0.4) is 0 Å². The third-order valence-corrected chi connectivity index (χ3v) is 3.20. The van der Waals surface area contributed by atoms with Crippen LogP contribution in [0.4, 0.5) is 13.2 Å². The lowest BCUT2D eigenvalue weighted by Crippen LogP contribution is -2.45. The Labute approximate surface area is 107 Å². The molecule has 0 bridgehead atoms. The number of alkyl halides is 3. The van der Waals surface area contributed by atoms with E-state index in [0.29, 0.717) is 12.8 Å². The fraction of sp³-hybridized carbons (Fsp3) is 0.818. The van der Waals surface area contributed by atoms with Crippen molar-refractivity contribution in [3.63, 3.8) is 0 Å². The van der Waals surface area contributed by atoms with Gasteiger partial charge in [0.05, 0.1) is 6.61 Å². The van der Waals surface area contributed by atoms with Crippen molar-refractivity contribution in [3.05, 3.63) is 0 Å². The number of carbonyl (C=O) groups excluding carboxylic acids is 2. The average Bonchev–Trinajstić information content (AvgIpc) is 2.49. The Morgan fingerprint density at radius 3 is 2.74 bits per heavy atom. The quantitative estimate of drug-likeness (QED) is 0.676. The van der Waals surface area contributed by atoms with Crippen LogP contribution >= 0.6 is 0 Å². The van der Waals surface area contributed by atoms with Gasteiger partial charge in [-0.05, 0) is 19.3 Å². The fourth-order valence-corrected chi connectivity index (χ4v) is 2.37. The van der Waals surface area contributed by atoms with E-state index in [4.69, 9.17) is 9.47 Å². The largest absolute Gasteiger partial charge is 0.490 e. The van der Waals surface area contributed by atoms with E-state index in [9.17, 15) is 22.8 Å². The molecule has 1 aliphatic heterocycles. The van der Waals surface area contributed by atoms with Crippen LogP contribution in [0.25, 0.3) is 0 Å². The monoisotopic (exact) mass is 282 g/mol. The molecule has 1 heterocycles. The Morgan fingerprint density at radius 1 is 1.32 bits per heavy atom. The van der Waals surface area contributed by atoms with Gasteiger partial charge in [-0.1, -0.05) is 0 Å². The average molecular weight is 282 g/mol. The molecule has 0 aromatic carbocycles. The molecule has 19 heavy (non-hydrogen) atoms. The summed E-state index contributed by atoms with van der Waals surface area (Å²) in [6.45, 7) is -0.0105. The summed E-state index contributed by atoms with van der Waals surface area (Å²) in [6, 6.07) is 0. The number of hydrogen-bond donors (Lipinski definition) is 0. The molecule has 1 saturated carbocycles. The van der Waals surface area contributed by atoms with Crippen molar-refractivity contribution in [1.82, 2.24) is 0 Å². The minimum absolute atomic E-state index is 0.219. The third-order valence-electron chi connectivity index (χ3n) is 3.20. The smallest absolute Gasteiger partial charge is 0.456 e. The van der Waals surface area contributed by atoms with Gasteiger partial charge in [-0.3, -0.25) is 0 Å². The Bertz CT molecular complexity index is 368. The fourth-order valence-electron chi connectivity index (χ4n) is 2.37. The van der Waals surface area contributed by atoms with Crippen LogP contribution < -0.4 is 0 Å². The number of fused-ring (bicyclic) bond motifs is 1. The first-order valence-corrected chi connectivity index (χ1v) is 5.93. The van der Waals surface area contributed by atoms with Gasteiger partial charge < -0.3 is 14.2 Å². The van der Waals surface area contributed by atoms with Gasteiger partial charge in [-0.25, -0.2) is 9.59 Å². The van der Waals surface area contributed by atoms with E-state index in [1.807, 2.05) is 0 Å². The van der Waals surface area contributed by atoms with Gasteiger partial charge in [0.1, 0.15) is 18.8 Å². The van der Waals surface area contributed by atoms with Crippen LogP contribution in [0, 0.1) is 5.92 Å². The second-order valence-corrected chi connectivity index (χ2v) is 4.60.